The van der Waals surface area contributed by atoms with Crippen LogP contribution in [0.3, 0.4) is 0 Å². The molecule has 0 amide bonds. The smallest absolute Gasteiger partial charge is 0.258 e. The van der Waals surface area contributed by atoms with E-state index in [0.717, 1.165) is 11.4 Å². The van der Waals surface area contributed by atoms with E-state index in [9.17, 15) is 4.79 Å². The second-order valence-corrected chi connectivity index (χ2v) is 4.15. The molecule has 0 aliphatic rings. The number of benzene rings is 1. The summed E-state index contributed by atoms with van der Waals surface area (Å²) >= 11 is 0. The third-order valence-electron chi connectivity index (χ3n) is 2.86. The minimum atomic E-state index is -0.196. The molecule has 0 saturated carbocycles. The fourth-order valence-corrected chi connectivity index (χ4v) is 1.83. The van der Waals surface area contributed by atoms with Gasteiger partial charge in [0.25, 0.3) is 5.56 Å². The van der Waals surface area contributed by atoms with Gasteiger partial charge in [0, 0.05) is 18.1 Å². The van der Waals surface area contributed by atoms with Crippen molar-refractivity contribution in [3.8, 4) is 5.75 Å². The average Bonchev–Trinajstić information content (AvgIpc) is 2.48. The van der Waals surface area contributed by atoms with Crippen LogP contribution in [0.1, 0.15) is 0 Å². The molecule has 1 aromatic carbocycles. The first-order chi connectivity index (χ1) is 9.76. The Morgan fingerprint density at radius 3 is 2.75 bits per heavy atom. The first-order valence-corrected chi connectivity index (χ1v) is 6.02. The molecule has 20 heavy (non-hydrogen) atoms. The first-order valence-electron chi connectivity index (χ1n) is 6.02. The van der Waals surface area contributed by atoms with Crippen LogP contribution in [0.15, 0.2) is 47.5 Å². The lowest BCUT2D eigenvalue weighted by atomic mass is 10.3. The molecule has 0 saturated heterocycles. The highest BCUT2D eigenvalue weighted by Crippen LogP contribution is 2.18. The molecular weight excluding hydrogens is 256 g/mol. The average molecular weight is 268 g/mol. The van der Waals surface area contributed by atoms with E-state index in [4.69, 9.17) is 4.74 Å². The molecule has 0 spiro atoms. The minimum absolute atomic E-state index is 0.196. The molecule has 0 aliphatic heterocycles. The predicted molar refractivity (Wildman–Crippen MR) is 76.4 cm³/mol. The summed E-state index contributed by atoms with van der Waals surface area (Å²) in [5.74, 6) is 1.22. The van der Waals surface area contributed by atoms with Crippen molar-refractivity contribution in [3.63, 3.8) is 0 Å². The summed E-state index contributed by atoms with van der Waals surface area (Å²) < 4.78 is 5.09. The van der Waals surface area contributed by atoms with Crippen LogP contribution in [0, 0.1) is 0 Å². The molecule has 2 heterocycles. The number of aromatic nitrogens is 3. The molecule has 0 bridgehead atoms. The molecule has 0 fully saturated rings. The molecule has 6 nitrogen and oxygen atoms in total. The van der Waals surface area contributed by atoms with Crippen molar-refractivity contribution in [1.82, 2.24) is 15.0 Å². The summed E-state index contributed by atoms with van der Waals surface area (Å²) in [6, 6.07) is 9.15. The SMILES string of the molecule is COc1ccc(Nc2ncc3c(=O)[nH]ccc3n2)cc1. The van der Waals surface area contributed by atoms with Crippen LogP contribution in [0.25, 0.3) is 10.9 Å². The number of hydrogen-bond donors (Lipinski definition) is 2. The first kappa shape index (κ1) is 12.2. The summed E-state index contributed by atoms with van der Waals surface area (Å²) in [7, 11) is 1.62. The topological polar surface area (TPSA) is 79.9 Å². The lowest BCUT2D eigenvalue weighted by Gasteiger charge is -2.06. The number of rotatable bonds is 3. The Hall–Kier alpha value is -2.89. The van der Waals surface area contributed by atoms with Crippen molar-refractivity contribution < 1.29 is 4.74 Å². The van der Waals surface area contributed by atoms with Crippen LogP contribution in [0.5, 0.6) is 5.75 Å². The van der Waals surface area contributed by atoms with Crippen molar-refractivity contribution in [1.29, 1.82) is 0 Å². The zero-order valence-electron chi connectivity index (χ0n) is 10.8. The van der Waals surface area contributed by atoms with Gasteiger partial charge in [0.2, 0.25) is 5.95 Å². The van der Waals surface area contributed by atoms with E-state index in [1.807, 2.05) is 24.3 Å². The Labute approximate surface area is 114 Å². The van der Waals surface area contributed by atoms with Crippen LogP contribution in [0.2, 0.25) is 0 Å². The third kappa shape index (κ3) is 2.31. The summed E-state index contributed by atoms with van der Waals surface area (Å²) in [4.78, 5) is 22.6. The number of anilines is 2. The second-order valence-electron chi connectivity index (χ2n) is 4.15. The molecule has 100 valence electrons. The number of nitrogens with zero attached hydrogens (tertiary/aromatic N) is 2. The number of hydrogen-bond acceptors (Lipinski definition) is 5. The van der Waals surface area contributed by atoms with Crippen LogP contribution in [-0.2, 0) is 0 Å². The van der Waals surface area contributed by atoms with Crippen molar-refractivity contribution in [2.45, 2.75) is 0 Å². The summed E-state index contributed by atoms with van der Waals surface area (Å²) in [5, 5.41) is 3.54. The number of nitrogens with one attached hydrogen (secondary N) is 2. The highest BCUT2D eigenvalue weighted by Gasteiger charge is 2.03. The zero-order chi connectivity index (χ0) is 13.9. The lowest BCUT2D eigenvalue weighted by molar-refractivity contribution is 0.415. The number of ether oxygens (including phenoxy) is 1. The van der Waals surface area contributed by atoms with E-state index >= 15 is 0 Å². The van der Waals surface area contributed by atoms with Gasteiger partial charge in [0.15, 0.2) is 0 Å². The Morgan fingerprint density at radius 2 is 2.00 bits per heavy atom. The number of H-pyrrole nitrogens is 1. The quantitative estimate of drug-likeness (QED) is 0.760. The Kier molecular flexibility index (Phi) is 3.04. The van der Waals surface area contributed by atoms with E-state index in [0.29, 0.717) is 16.9 Å². The number of fused-ring (bicyclic) bond motifs is 1. The monoisotopic (exact) mass is 268 g/mol. The van der Waals surface area contributed by atoms with Crippen molar-refractivity contribution in [3.05, 3.63) is 53.1 Å². The zero-order valence-corrected chi connectivity index (χ0v) is 10.8. The van der Waals surface area contributed by atoms with E-state index in [1.54, 1.807) is 19.4 Å². The van der Waals surface area contributed by atoms with Gasteiger partial charge < -0.3 is 15.0 Å². The fourth-order valence-electron chi connectivity index (χ4n) is 1.83. The lowest BCUT2D eigenvalue weighted by Crippen LogP contribution is -2.07. The van der Waals surface area contributed by atoms with E-state index in [1.165, 1.54) is 6.20 Å². The van der Waals surface area contributed by atoms with Gasteiger partial charge in [-0.1, -0.05) is 0 Å². The van der Waals surface area contributed by atoms with Gasteiger partial charge in [-0.25, -0.2) is 9.97 Å². The van der Waals surface area contributed by atoms with Gasteiger partial charge in [-0.2, -0.15) is 0 Å². The summed E-state index contributed by atoms with van der Waals surface area (Å²) in [5.41, 5.74) is 1.24. The maximum absolute atomic E-state index is 11.5. The van der Waals surface area contributed by atoms with Gasteiger partial charge >= 0.3 is 0 Å². The molecule has 6 heteroatoms. The summed E-state index contributed by atoms with van der Waals surface area (Å²) in [6.07, 6.45) is 3.07. The molecular formula is C14H12N4O2. The van der Waals surface area contributed by atoms with Crippen molar-refractivity contribution in [2.75, 3.05) is 12.4 Å². The maximum Gasteiger partial charge on any atom is 0.258 e. The van der Waals surface area contributed by atoms with Crippen molar-refractivity contribution in [2.24, 2.45) is 0 Å². The molecule has 0 unspecified atom stereocenters. The normalized spacial score (nSPS) is 10.4. The van der Waals surface area contributed by atoms with Gasteiger partial charge in [-0.3, -0.25) is 4.79 Å². The standard InChI is InChI=1S/C14H12N4O2/c1-20-10-4-2-9(3-5-10)17-14-16-8-11-12(18-14)6-7-15-13(11)19/h2-8H,1H3,(H,15,19)(H,16,17,18). The fraction of sp³-hybridized carbons (Fsp3) is 0.0714. The van der Waals surface area contributed by atoms with Crippen LogP contribution in [0.4, 0.5) is 11.6 Å². The van der Waals surface area contributed by atoms with Gasteiger partial charge in [0.05, 0.1) is 18.0 Å². The largest absolute Gasteiger partial charge is 0.497 e. The predicted octanol–water partition coefficient (Wildman–Crippen LogP) is 2.07. The van der Waals surface area contributed by atoms with Gasteiger partial charge in [-0.15, -0.1) is 0 Å². The Balaban J connectivity index is 1.92. The summed E-state index contributed by atoms with van der Waals surface area (Å²) in [6.45, 7) is 0. The van der Waals surface area contributed by atoms with Crippen LogP contribution in [-0.4, -0.2) is 22.1 Å². The Bertz CT molecular complexity index is 796. The van der Waals surface area contributed by atoms with Gasteiger partial charge in [-0.05, 0) is 30.3 Å². The number of pyridine rings is 1. The third-order valence-corrected chi connectivity index (χ3v) is 2.86. The maximum atomic E-state index is 11.5. The number of methoxy groups -OCH3 is 1. The van der Waals surface area contributed by atoms with Gasteiger partial charge in [0.1, 0.15) is 5.75 Å². The molecule has 0 radical (unpaired) electrons. The molecule has 0 atom stereocenters. The highest BCUT2D eigenvalue weighted by atomic mass is 16.5. The van der Waals surface area contributed by atoms with E-state index in [-0.39, 0.29) is 5.56 Å². The van der Waals surface area contributed by atoms with E-state index < -0.39 is 0 Å². The van der Waals surface area contributed by atoms with Crippen LogP contribution >= 0.6 is 0 Å². The van der Waals surface area contributed by atoms with Crippen LogP contribution < -0.4 is 15.6 Å². The van der Waals surface area contributed by atoms with Crippen molar-refractivity contribution >= 4 is 22.5 Å². The Morgan fingerprint density at radius 1 is 1.20 bits per heavy atom. The molecule has 3 rings (SSSR count). The van der Waals surface area contributed by atoms with E-state index in [2.05, 4.69) is 20.3 Å². The number of aromatic amines is 1. The second kappa shape index (κ2) is 5.00. The molecule has 0 aliphatic carbocycles. The molecule has 3 aromatic rings. The molecule has 2 aromatic heterocycles. The molecule has 2 N–H and O–H groups in total. The highest BCUT2D eigenvalue weighted by molar-refractivity contribution is 5.77. The minimum Gasteiger partial charge on any atom is -0.497 e.